The molecule has 1 amide bonds. The van der Waals surface area contributed by atoms with Crippen molar-refractivity contribution in [3.05, 3.63) is 65.2 Å². The molecule has 2 aromatic carbocycles. The number of nitrogens with zero attached hydrogens (tertiary/aromatic N) is 2. The minimum atomic E-state index is -0.757. The van der Waals surface area contributed by atoms with Crippen LogP contribution in [0.2, 0.25) is 0 Å². The normalized spacial score (nSPS) is 14.4. The molecular formula is C20H18F2N2O2. The number of rotatable bonds is 6. The number of hydrogen-bond donors (Lipinski definition) is 0. The predicted octanol–water partition coefficient (Wildman–Crippen LogP) is 3.79. The van der Waals surface area contributed by atoms with Crippen LogP contribution in [0.15, 0.2) is 42.5 Å². The van der Waals surface area contributed by atoms with E-state index >= 15 is 0 Å². The van der Waals surface area contributed by atoms with Gasteiger partial charge in [0, 0.05) is 24.2 Å². The van der Waals surface area contributed by atoms with Gasteiger partial charge in [-0.2, -0.15) is 5.26 Å². The van der Waals surface area contributed by atoms with Crippen LogP contribution in [-0.2, 0) is 11.3 Å². The maximum Gasteiger partial charge on any atom is 0.263 e. The zero-order chi connectivity index (χ0) is 18.7. The lowest BCUT2D eigenvalue weighted by molar-refractivity contribution is -0.139. The number of amides is 1. The second-order valence-electron chi connectivity index (χ2n) is 6.33. The highest BCUT2D eigenvalue weighted by molar-refractivity contribution is 5.81. The Morgan fingerprint density at radius 3 is 2.54 bits per heavy atom. The van der Waals surface area contributed by atoms with Crippen LogP contribution in [0, 0.1) is 23.0 Å². The van der Waals surface area contributed by atoms with E-state index in [9.17, 15) is 13.6 Å². The van der Waals surface area contributed by atoms with Crippen molar-refractivity contribution < 1.29 is 18.3 Å². The number of halogens is 2. The van der Waals surface area contributed by atoms with Gasteiger partial charge in [0.1, 0.15) is 17.4 Å². The van der Waals surface area contributed by atoms with Gasteiger partial charge < -0.3 is 9.64 Å². The van der Waals surface area contributed by atoms with Crippen molar-refractivity contribution in [1.29, 1.82) is 5.26 Å². The van der Waals surface area contributed by atoms with Crippen LogP contribution in [0.1, 0.15) is 30.9 Å². The van der Waals surface area contributed by atoms with Crippen molar-refractivity contribution in [2.45, 2.75) is 38.5 Å². The van der Waals surface area contributed by atoms with Crippen molar-refractivity contribution in [3.63, 3.8) is 0 Å². The van der Waals surface area contributed by atoms with Crippen molar-refractivity contribution in [3.8, 4) is 11.8 Å². The average Bonchev–Trinajstić information content (AvgIpc) is 3.46. The number of benzene rings is 2. The molecule has 6 heteroatoms. The fraction of sp³-hybridized carbons (Fsp3) is 0.300. The molecule has 1 aliphatic rings. The number of ether oxygens (including phenoxy) is 1. The Morgan fingerprint density at radius 2 is 1.96 bits per heavy atom. The third-order valence-corrected chi connectivity index (χ3v) is 4.27. The summed E-state index contributed by atoms with van der Waals surface area (Å²) < 4.78 is 32.7. The number of carbonyl (C=O) groups is 1. The van der Waals surface area contributed by atoms with Crippen molar-refractivity contribution in [2.24, 2.45) is 0 Å². The molecule has 0 saturated heterocycles. The lowest BCUT2D eigenvalue weighted by atomic mass is 10.1. The molecule has 134 valence electrons. The lowest BCUT2D eigenvalue weighted by Crippen LogP contribution is -2.41. The molecule has 0 bridgehead atoms. The van der Waals surface area contributed by atoms with Gasteiger partial charge in [0.15, 0.2) is 6.10 Å². The molecule has 3 rings (SSSR count). The zero-order valence-electron chi connectivity index (χ0n) is 14.3. The topological polar surface area (TPSA) is 53.3 Å². The summed E-state index contributed by atoms with van der Waals surface area (Å²) in [5, 5.41) is 8.81. The van der Waals surface area contributed by atoms with Gasteiger partial charge in [-0.1, -0.05) is 6.07 Å². The van der Waals surface area contributed by atoms with Crippen molar-refractivity contribution in [2.75, 3.05) is 0 Å². The van der Waals surface area contributed by atoms with Crippen LogP contribution in [0.5, 0.6) is 5.75 Å². The van der Waals surface area contributed by atoms with Crippen LogP contribution >= 0.6 is 0 Å². The highest BCUT2D eigenvalue weighted by Gasteiger charge is 2.35. The Balaban J connectivity index is 1.70. The third-order valence-electron chi connectivity index (χ3n) is 4.27. The molecule has 0 N–H and O–H groups in total. The van der Waals surface area contributed by atoms with Crippen LogP contribution in [0.25, 0.3) is 0 Å². The minimum Gasteiger partial charge on any atom is -0.481 e. The van der Waals surface area contributed by atoms with Gasteiger partial charge in [-0.05, 0) is 50.1 Å². The Hall–Kier alpha value is -2.94. The van der Waals surface area contributed by atoms with Crippen LogP contribution in [0.4, 0.5) is 8.78 Å². The van der Waals surface area contributed by atoms with Gasteiger partial charge in [-0.15, -0.1) is 0 Å². The smallest absolute Gasteiger partial charge is 0.263 e. The van der Waals surface area contributed by atoms with Crippen molar-refractivity contribution >= 4 is 5.91 Å². The highest BCUT2D eigenvalue weighted by atomic mass is 19.1. The van der Waals surface area contributed by atoms with Crippen molar-refractivity contribution in [1.82, 2.24) is 4.90 Å². The monoisotopic (exact) mass is 356 g/mol. The summed E-state index contributed by atoms with van der Waals surface area (Å²) in [5.74, 6) is -1.08. The second-order valence-corrected chi connectivity index (χ2v) is 6.33. The van der Waals surface area contributed by atoms with Gasteiger partial charge in [-0.3, -0.25) is 4.79 Å². The molecule has 0 radical (unpaired) electrons. The predicted molar refractivity (Wildman–Crippen MR) is 91.2 cm³/mol. The molecule has 0 aliphatic heterocycles. The molecule has 1 aliphatic carbocycles. The van der Waals surface area contributed by atoms with Crippen LogP contribution in [0.3, 0.4) is 0 Å². The highest BCUT2D eigenvalue weighted by Crippen LogP contribution is 2.30. The first-order chi connectivity index (χ1) is 12.5. The summed E-state index contributed by atoms with van der Waals surface area (Å²) in [4.78, 5) is 14.4. The Labute approximate surface area is 150 Å². The molecule has 26 heavy (non-hydrogen) atoms. The number of carbonyl (C=O) groups excluding carboxylic acids is 1. The van der Waals surface area contributed by atoms with Crippen LogP contribution < -0.4 is 4.74 Å². The summed E-state index contributed by atoms with van der Waals surface area (Å²) in [6.07, 6.45) is 0.961. The largest absolute Gasteiger partial charge is 0.481 e. The summed E-state index contributed by atoms with van der Waals surface area (Å²) in [5.41, 5.74) is 0.778. The average molecular weight is 356 g/mol. The number of hydrogen-bond acceptors (Lipinski definition) is 3. The van der Waals surface area contributed by atoms with Gasteiger partial charge in [0.2, 0.25) is 0 Å². The van der Waals surface area contributed by atoms with E-state index in [4.69, 9.17) is 10.00 Å². The maximum absolute atomic E-state index is 13.9. The van der Waals surface area contributed by atoms with E-state index in [1.54, 1.807) is 36.1 Å². The first-order valence-corrected chi connectivity index (χ1v) is 8.39. The minimum absolute atomic E-state index is 0.0546. The first kappa shape index (κ1) is 17.9. The van der Waals surface area contributed by atoms with Crippen LogP contribution in [-0.4, -0.2) is 23.0 Å². The number of nitriles is 1. The Bertz CT molecular complexity index is 842. The summed E-state index contributed by atoms with van der Waals surface area (Å²) >= 11 is 0. The molecular weight excluding hydrogens is 338 g/mol. The summed E-state index contributed by atoms with van der Waals surface area (Å²) in [6, 6.07) is 11.9. The molecule has 1 atom stereocenters. The Morgan fingerprint density at radius 1 is 1.27 bits per heavy atom. The van der Waals surface area contributed by atoms with Gasteiger partial charge >= 0.3 is 0 Å². The lowest BCUT2D eigenvalue weighted by Gasteiger charge is -2.26. The van der Waals surface area contributed by atoms with E-state index in [1.807, 2.05) is 6.07 Å². The molecule has 2 aromatic rings. The SMILES string of the molecule is CC(Oc1ccc(C#N)cc1)C(=O)N(Cc1ccc(F)cc1F)C1CC1. The van der Waals surface area contributed by atoms with E-state index < -0.39 is 17.7 Å². The second kappa shape index (κ2) is 7.52. The molecule has 4 nitrogen and oxygen atoms in total. The van der Waals surface area contributed by atoms with E-state index in [0.717, 1.165) is 18.9 Å². The molecule has 1 unspecified atom stereocenters. The van der Waals surface area contributed by atoms with Gasteiger partial charge in [0.25, 0.3) is 5.91 Å². The molecule has 0 aromatic heterocycles. The fourth-order valence-electron chi connectivity index (χ4n) is 2.70. The van der Waals surface area contributed by atoms with E-state index in [0.29, 0.717) is 11.3 Å². The molecule has 0 heterocycles. The summed E-state index contributed by atoms with van der Waals surface area (Å²) in [7, 11) is 0. The standard InChI is InChI=1S/C20H18F2N2O2/c1-13(26-18-8-2-14(11-23)3-9-18)20(25)24(17-6-7-17)12-15-4-5-16(21)10-19(15)22/h2-5,8-10,13,17H,6-7,12H2,1H3. The van der Waals surface area contributed by atoms with E-state index in [2.05, 4.69) is 0 Å². The Kier molecular flexibility index (Phi) is 5.17. The third kappa shape index (κ3) is 4.17. The molecule has 1 saturated carbocycles. The quantitative estimate of drug-likeness (QED) is 0.791. The van der Waals surface area contributed by atoms with Gasteiger partial charge in [0.05, 0.1) is 11.6 Å². The summed E-state index contributed by atoms with van der Waals surface area (Å²) in [6.45, 7) is 1.72. The molecule has 1 fully saturated rings. The van der Waals surface area contributed by atoms with Gasteiger partial charge in [-0.25, -0.2) is 8.78 Å². The zero-order valence-corrected chi connectivity index (χ0v) is 14.3. The molecule has 0 spiro atoms. The van der Waals surface area contributed by atoms with E-state index in [-0.39, 0.29) is 24.1 Å². The van der Waals surface area contributed by atoms with E-state index in [1.165, 1.54) is 12.1 Å². The first-order valence-electron chi connectivity index (χ1n) is 8.39. The fourth-order valence-corrected chi connectivity index (χ4v) is 2.70. The maximum atomic E-state index is 13.9.